The summed E-state index contributed by atoms with van der Waals surface area (Å²) in [5, 5.41) is 3.62. The van der Waals surface area contributed by atoms with Crippen molar-refractivity contribution in [1.82, 2.24) is 5.32 Å². The zero-order valence-electron chi connectivity index (χ0n) is 11.7. The third-order valence-corrected chi connectivity index (χ3v) is 4.46. The van der Waals surface area contributed by atoms with Crippen molar-refractivity contribution in [3.63, 3.8) is 0 Å². The van der Waals surface area contributed by atoms with Crippen LogP contribution in [0.15, 0.2) is 18.2 Å². The lowest BCUT2D eigenvalue weighted by Gasteiger charge is -2.34. The number of fused-ring (bicyclic) bond motifs is 1. The summed E-state index contributed by atoms with van der Waals surface area (Å²) in [5.41, 5.74) is 2.85. The number of nitrogens with one attached hydrogen (secondary N) is 1. The molecule has 98 valence electrons. The average molecular weight is 245 g/mol. The van der Waals surface area contributed by atoms with E-state index in [2.05, 4.69) is 44.3 Å². The van der Waals surface area contributed by atoms with Crippen molar-refractivity contribution in [1.29, 1.82) is 0 Å². The summed E-state index contributed by atoms with van der Waals surface area (Å²) in [6.45, 7) is 7.78. The molecule has 0 saturated carbocycles. The van der Waals surface area contributed by atoms with Crippen LogP contribution in [0, 0.1) is 0 Å². The Morgan fingerprint density at radius 3 is 2.72 bits per heavy atom. The third-order valence-electron chi connectivity index (χ3n) is 4.46. The van der Waals surface area contributed by atoms with Crippen molar-refractivity contribution in [2.45, 2.75) is 57.6 Å². The normalized spacial score (nSPS) is 29.7. The van der Waals surface area contributed by atoms with Crippen LogP contribution in [0.5, 0.6) is 5.75 Å². The fourth-order valence-electron chi connectivity index (χ4n) is 3.12. The molecular formula is C16H23NO. The van der Waals surface area contributed by atoms with Gasteiger partial charge in [-0.05, 0) is 70.2 Å². The fourth-order valence-corrected chi connectivity index (χ4v) is 3.12. The highest BCUT2D eigenvalue weighted by molar-refractivity contribution is 5.42. The Kier molecular flexibility index (Phi) is 2.67. The first-order valence-electron chi connectivity index (χ1n) is 7.06. The van der Waals surface area contributed by atoms with Gasteiger partial charge in [0.15, 0.2) is 0 Å². The molecule has 0 aliphatic carbocycles. The second-order valence-corrected chi connectivity index (χ2v) is 6.55. The van der Waals surface area contributed by atoms with Crippen LogP contribution in [0.3, 0.4) is 0 Å². The first-order chi connectivity index (χ1) is 8.49. The highest BCUT2D eigenvalue weighted by atomic mass is 16.5. The highest BCUT2D eigenvalue weighted by Crippen LogP contribution is 2.38. The largest absolute Gasteiger partial charge is 0.488 e. The molecule has 1 aromatic rings. The number of hydrogen-bond donors (Lipinski definition) is 1. The van der Waals surface area contributed by atoms with E-state index < -0.39 is 0 Å². The first kappa shape index (κ1) is 12.0. The minimum absolute atomic E-state index is 0.0182. The predicted molar refractivity (Wildman–Crippen MR) is 74.1 cm³/mol. The highest BCUT2D eigenvalue weighted by Gasteiger charge is 2.32. The Morgan fingerprint density at radius 2 is 2.00 bits per heavy atom. The van der Waals surface area contributed by atoms with Gasteiger partial charge in [0.05, 0.1) is 0 Å². The third kappa shape index (κ3) is 2.03. The van der Waals surface area contributed by atoms with Crippen LogP contribution in [0.1, 0.15) is 51.2 Å². The molecule has 2 nitrogen and oxygen atoms in total. The van der Waals surface area contributed by atoms with E-state index >= 15 is 0 Å². The molecule has 1 N–H and O–H groups in total. The predicted octanol–water partition coefficient (Wildman–Crippen LogP) is 3.39. The van der Waals surface area contributed by atoms with Gasteiger partial charge in [0, 0.05) is 5.54 Å². The molecule has 3 rings (SSSR count). The van der Waals surface area contributed by atoms with Crippen molar-refractivity contribution < 1.29 is 4.74 Å². The zero-order chi connectivity index (χ0) is 12.8. The number of benzene rings is 1. The summed E-state index contributed by atoms with van der Waals surface area (Å²) >= 11 is 0. The van der Waals surface area contributed by atoms with E-state index in [0.29, 0.717) is 0 Å². The van der Waals surface area contributed by atoms with E-state index in [1.165, 1.54) is 24.0 Å². The van der Waals surface area contributed by atoms with E-state index in [0.717, 1.165) is 25.1 Å². The monoisotopic (exact) mass is 245 g/mol. The molecule has 0 amide bonds. The van der Waals surface area contributed by atoms with Crippen molar-refractivity contribution in [2.24, 2.45) is 0 Å². The first-order valence-corrected chi connectivity index (χ1v) is 7.06. The lowest BCUT2D eigenvalue weighted by molar-refractivity contribution is 0.0844. The molecule has 2 heteroatoms. The minimum Gasteiger partial charge on any atom is -0.488 e. The Labute approximate surface area is 110 Å². The fraction of sp³-hybridized carbons (Fsp3) is 0.625. The molecule has 0 aromatic heterocycles. The molecule has 0 spiro atoms. The molecule has 18 heavy (non-hydrogen) atoms. The van der Waals surface area contributed by atoms with Crippen LogP contribution in [0.25, 0.3) is 0 Å². The van der Waals surface area contributed by atoms with Gasteiger partial charge in [-0.25, -0.2) is 0 Å². The van der Waals surface area contributed by atoms with Crippen LogP contribution in [0.4, 0.5) is 0 Å². The summed E-state index contributed by atoms with van der Waals surface area (Å²) in [6.07, 6.45) is 4.72. The SMILES string of the molecule is CC1(C)CCc2ccc(C3(C)CCCN3)cc2O1. The van der Waals surface area contributed by atoms with Crippen LogP contribution in [-0.2, 0) is 12.0 Å². The van der Waals surface area contributed by atoms with Gasteiger partial charge in [-0.2, -0.15) is 0 Å². The van der Waals surface area contributed by atoms with Crippen molar-refractivity contribution in [2.75, 3.05) is 6.54 Å². The second kappa shape index (κ2) is 3.99. The van der Waals surface area contributed by atoms with Crippen molar-refractivity contribution in [3.05, 3.63) is 29.3 Å². The molecule has 0 radical (unpaired) electrons. The molecular weight excluding hydrogens is 222 g/mol. The quantitative estimate of drug-likeness (QED) is 0.819. The molecule has 2 aliphatic rings. The number of ether oxygens (including phenoxy) is 1. The summed E-state index contributed by atoms with van der Waals surface area (Å²) in [5.74, 6) is 1.10. The summed E-state index contributed by atoms with van der Waals surface area (Å²) in [6, 6.07) is 6.79. The van der Waals surface area contributed by atoms with E-state index in [1.807, 2.05) is 0 Å². The van der Waals surface area contributed by atoms with Crippen LogP contribution in [0.2, 0.25) is 0 Å². The molecule has 2 aliphatic heterocycles. The van der Waals surface area contributed by atoms with Crippen LogP contribution in [-0.4, -0.2) is 12.1 Å². The maximum Gasteiger partial charge on any atom is 0.123 e. The number of aryl methyl sites for hydroxylation is 1. The summed E-state index contributed by atoms with van der Waals surface area (Å²) < 4.78 is 6.14. The Hall–Kier alpha value is -1.02. The molecule has 1 aromatic carbocycles. The van der Waals surface area contributed by atoms with E-state index in [-0.39, 0.29) is 11.1 Å². The maximum absolute atomic E-state index is 6.14. The van der Waals surface area contributed by atoms with E-state index in [9.17, 15) is 0 Å². The van der Waals surface area contributed by atoms with Gasteiger partial charge in [-0.3, -0.25) is 0 Å². The average Bonchev–Trinajstić information content (AvgIpc) is 2.75. The molecule has 0 bridgehead atoms. The van der Waals surface area contributed by atoms with Gasteiger partial charge in [0.1, 0.15) is 11.4 Å². The van der Waals surface area contributed by atoms with Gasteiger partial charge in [-0.1, -0.05) is 12.1 Å². The van der Waals surface area contributed by atoms with Gasteiger partial charge in [0.25, 0.3) is 0 Å². The topological polar surface area (TPSA) is 21.3 Å². The summed E-state index contributed by atoms with van der Waals surface area (Å²) in [7, 11) is 0. The van der Waals surface area contributed by atoms with Gasteiger partial charge < -0.3 is 10.1 Å². The van der Waals surface area contributed by atoms with Crippen molar-refractivity contribution in [3.8, 4) is 5.75 Å². The van der Waals surface area contributed by atoms with Crippen LogP contribution < -0.4 is 10.1 Å². The molecule has 1 saturated heterocycles. The lowest BCUT2D eigenvalue weighted by Crippen LogP contribution is -2.35. The smallest absolute Gasteiger partial charge is 0.123 e. The molecule has 2 heterocycles. The van der Waals surface area contributed by atoms with E-state index in [1.54, 1.807) is 0 Å². The Balaban J connectivity index is 1.95. The maximum atomic E-state index is 6.14. The second-order valence-electron chi connectivity index (χ2n) is 6.55. The Morgan fingerprint density at radius 1 is 1.17 bits per heavy atom. The minimum atomic E-state index is -0.0182. The van der Waals surface area contributed by atoms with Gasteiger partial charge in [0.2, 0.25) is 0 Å². The Bertz CT molecular complexity index is 458. The number of rotatable bonds is 1. The molecule has 1 unspecified atom stereocenters. The molecule has 1 atom stereocenters. The lowest BCUT2D eigenvalue weighted by atomic mass is 9.87. The van der Waals surface area contributed by atoms with Gasteiger partial charge >= 0.3 is 0 Å². The summed E-state index contributed by atoms with van der Waals surface area (Å²) in [4.78, 5) is 0. The molecule has 1 fully saturated rings. The van der Waals surface area contributed by atoms with Crippen LogP contribution >= 0.6 is 0 Å². The van der Waals surface area contributed by atoms with E-state index in [4.69, 9.17) is 4.74 Å². The standard InChI is InChI=1S/C16H23NO/c1-15(2)9-7-12-5-6-13(11-14(12)18-15)16(3)8-4-10-17-16/h5-6,11,17H,4,7-10H2,1-3H3. The van der Waals surface area contributed by atoms with Crippen molar-refractivity contribution >= 4 is 0 Å². The van der Waals surface area contributed by atoms with Gasteiger partial charge in [-0.15, -0.1) is 0 Å². The zero-order valence-corrected chi connectivity index (χ0v) is 11.7. The number of hydrogen-bond acceptors (Lipinski definition) is 2.